The molecule has 0 saturated heterocycles. The van der Waals surface area contributed by atoms with E-state index in [1.54, 1.807) is 25.1 Å². The van der Waals surface area contributed by atoms with Crippen molar-refractivity contribution in [3.63, 3.8) is 0 Å². The summed E-state index contributed by atoms with van der Waals surface area (Å²) in [7, 11) is 0. The maximum Gasteiger partial charge on any atom is 0.169 e. The number of ether oxygens (including phenoxy) is 1. The Bertz CT molecular complexity index is 347. The van der Waals surface area contributed by atoms with Crippen LogP contribution in [0.5, 0.6) is 5.75 Å². The lowest BCUT2D eigenvalue weighted by molar-refractivity contribution is -0.122. The van der Waals surface area contributed by atoms with E-state index in [-0.39, 0.29) is 5.78 Å². The second-order valence-corrected chi connectivity index (χ2v) is 3.64. The van der Waals surface area contributed by atoms with Crippen molar-refractivity contribution in [3.05, 3.63) is 28.8 Å². The van der Waals surface area contributed by atoms with Gasteiger partial charge >= 0.3 is 0 Å². The van der Waals surface area contributed by atoms with E-state index in [1.165, 1.54) is 6.92 Å². The molecule has 0 aliphatic heterocycles. The highest BCUT2D eigenvalue weighted by atomic mass is 35.5. The van der Waals surface area contributed by atoms with Gasteiger partial charge in [0, 0.05) is 10.6 Å². The standard InChI is InChI=1S/C11H13ClO2/c1-7-10(12)5-4-6-11(7)14-9(3)8(2)13/h4-6,9H,1-3H3. The Kier molecular flexibility index (Phi) is 3.53. The van der Waals surface area contributed by atoms with Crippen molar-refractivity contribution in [1.29, 1.82) is 0 Å². The summed E-state index contributed by atoms with van der Waals surface area (Å²) >= 11 is 5.91. The number of rotatable bonds is 3. The van der Waals surface area contributed by atoms with Crippen molar-refractivity contribution in [2.75, 3.05) is 0 Å². The maximum absolute atomic E-state index is 11.0. The average molecular weight is 213 g/mol. The molecule has 1 aromatic carbocycles. The predicted octanol–water partition coefficient (Wildman–Crippen LogP) is 3.00. The van der Waals surface area contributed by atoms with Crippen molar-refractivity contribution in [3.8, 4) is 5.75 Å². The normalized spacial score (nSPS) is 12.3. The molecule has 0 aliphatic carbocycles. The van der Waals surface area contributed by atoms with E-state index in [9.17, 15) is 4.79 Å². The number of carbonyl (C=O) groups excluding carboxylic acids is 1. The van der Waals surface area contributed by atoms with E-state index in [0.717, 1.165) is 5.56 Å². The molecule has 1 atom stereocenters. The molecule has 0 N–H and O–H groups in total. The largest absolute Gasteiger partial charge is 0.483 e. The third-order valence-electron chi connectivity index (χ3n) is 2.09. The summed E-state index contributed by atoms with van der Waals surface area (Å²) in [6.07, 6.45) is -0.424. The minimum atomic E-state index is -0.424. The molecule has 0 aromatic heterocycles. The van der Waals surface area contributed by atoms with Gasteiger partial charge in [-0.05, 0) is 32.9 Å². The summed E-state index contributed by atoms with van der Waals surface area (Å²) in [6, 6.07) is 5.40. The zero-order valence-corrected chi connectivity index (χ0v) is 9.26. The van der Waals surface area contributed by atoms with Gasteiger partial charge in [-0.2, -0.15) is 0 Å². The van der Waals surface area contributed by atoms with E-state index in [1.807, 2.05) is 6.92 Å². The SMILES string of the molecule is CC(=O)C(C)Oc1cccc(Cl)c1C. The third kappa shape index (κ3) is 2.48. The molecule has 0 saturated carbocycles. The summed E-state index contributed by atoms with van der Waals surface area (Å²) in [5.74, 6) is 0.671. The number of benzene rings is 1. The van der Waals surface area contributed by atoms with Gasteiger partial charge in [0.25, 0.3) is 0 Å². The van der Waals surface area contributed by atoms with Crippen LogP contribution in [0.4, 0.5) is 0 Å². The molecule has 1 rings (SSSR count). The van der Waals surface area contributed by atoms with Crippen LogP contribution >= 0.6 is 11.6 Å². The molecule has 0 radical (unpaired) electrons. The van der Waals surface area contributed by atoms with Crippen molar-refractivity contribution in [1.82, 2.24) is 0 Å². The predicted molar refractivity (Wildman–Crippen MR) is 57.0 cm³/mol. The zero-order valence-electron chi connectivity index (χ0n) is 8.50. The van der Waals surface area contributed by atoms with Gasteiger partial charge in [-0.25, -0.2) is 0 Å². The summed E-state index contributed by atoms with van der Waals surface area (Å²) in [5.41, 5.74) is 0.863. The molecule has 0 fully saturated rings. The minimum Gasteiger partial charge on any atom is -0.483 e. The molecular weight excluding hydrogens is 200 g/mol. The highest BCUT2D eigenvalue weighted by Crippen LogP contribution is 2.25. The summed E-state index contributed by atoms with van der Waals surface area (Å²) < 4.78 is 5.45. The molecule has 0 bridgehead atoms. The Hall–Kier alpha value is -1.02. The van der Waals surface area contributed by atoms with Crippen LogP contribution in [0.1, 0.15) is 19.4 Å². The molecule has 0 amide bonds. The topological polar surface area (TPSA) is 26.3 Å². The first-order valence-corrected chi connectivity index (χ1v) is 4.82. The number of hydrogen-bond acceptors (Lipinski definition) is 2. The lowest BCUT2D eigenvalue weighted by atomic mass is 10.2. The number of halogens is 1. The van der Waals surface area contributed by atoms with Gasteiger partial charge in [0.2, 0.25) is 0 Å². The first-order valence-electron chi connectivity index (χ1n) is 4.44. The lowest BCUT2D eigenvalue weighted by Crippen LogP contribution is -2.21. The third-order valence-corrected chi connectivity index (χ3v) is 2.50. The van der Waals surface area contributed by atoms with Crippen molar-refractivity contribution >= 4 is 17.4 Å². The van der Waals surface area contributed by atoms with Crippen LogP contribution in [0.3, 0.4) is 0 Å². The van der Waals surface area contributed by atoms with Crippen LogP contribution in [0.15, 0.2) is 18.2 Å². The number of carbonyl (C=O) groups is 1. The van der Waals surface area contributed by atoms with Crippen LogP contribution in [-0.2, 0) is 4.79 Å². The van der Waals surface area contributed by atoms with E-state index < -0.39 is 6.10 Å². The first-order chi connectivity index (χ1) is 6.52. The fourth-order valence-corrected chi connectivity index (χ4v) is 1.15. The van der Waals surface area contributed by atoms with E-state index in [0.29, 0.717) is 10.8 Å². The monoisotopic (exact) mass is 212 g/mol. The Labute approximate surface area is 88.8 Å². The second-order valence-electron chi connectivity index (χ2n) is 3.23. The Morgan fingerprint density at radius 2 is 2.14 bits per heavy atom. The molecule has 14 heavy (non-hydrogen) atoms. The van der Waals surface area contributed by atoms with Crippen LogP contribution in [-0.4, -0.2) is 11.9 Å². The van der Waals surface area contributed by atoms with Crippen molar-refractivity contribution in [2.45, 2.75) is 26.9 Å². The quantitative estimate of drug-likeness (QED) is 0.770. The molecule has 2 nitrogen and oxygen atoms in total. The molecule has 76 valence electrons. The molecule has 1 unspecified atom stereocenters. The van der Waals surface area contributed by atoms with Gasteiger partial charge in [-0.15, -0.1) is 0 Å². The average Bonchev–Trinajstić information content (AvgIpc) is 2.12. The van der Waals surface area contributed by atoms with Gasteiger partial charge in [0.05, 0.1) is 0 Å². The van der Waals surface area contributed by atoms with Crippen molar-refractivity contribution in [2.24, 2.45) is 0 Å². The van der Waals surface area contributed by atoms with Crippen LogP contribution in [0.25, 0.3) is 0 Å². The van der Waals surface area contributed by atoms with Gasteiger partial charge < -0.3 is 4.74 Å². The van der Waals surface area contributed by atoms with E-state index >= 15 is 0 Å². The van der Waals surface area contributed by atoms with Gasteiger partial charge in [-0.3, -0.25) is 4.79 Å². The maximum atomic E-state index is 11.0. The van der Waals surface area contributed by atoms with Crippen LogP contribution in [0.2, 0.25) is 5.02 Å². The number of Topliss-reactive ketones (excluding diaryl/α,β-unsaturated/α-hetero) is 1. The molecule has 1 aromatic rings. The Balaban J connectivity index is 2.87. The molecule has 3 heteroatoms. The van der Waals surface area contributed by atoms with Crippen molar-refractivity contribution < 1.29 is 9.53 Å². The Morgan fingerprint density at radius 3 is 2.71 bits per heavy atom. The summed E-state index contributed by atoms with van der Waals surface area (Å²) in [6.45, 7) is 5.09. The Morgan fingerprint density at radius 1 is 1.50 bits per heavy atom. The fourth-order valence-electron chi connectivity index (χ4n) is 0.989. The summed E-state index contributed by atoms with van der Waals surface area (Å²) in [5, 5.41) is 0.651. The first kappa shape index (κ1) is 11.1. The number of hydrogen-bond donors (Lipinski definition) is 0. The fraction of sp³-hybridized carbons (Fsp3) is 0.364. The number of ketones is 1. The van der Waals surface area contributed by atoms with Crippen LogP contribution < -0.4 is 4.74 Å². The molecule has 0 heterocycles. The minimum absolute atomic E-state index is 0.00405. The molecular formula is C11H13ClO2. The summed E-state index contributed by atoms with van der Waals surface area (Å²) in [4.78, 5) is 11.0. The smallest absolute Gasteiger partial charge is 0.169 e. The van der Waals surface area contributed by atoms with Gasteiger partial charge in [0.15, 0.2) is 11.9 Å². The molecule has 0 aliphatic rings. The van der Waals surface area contributed by atoms with Gasteiger partial charge in [-0.1, -0.05) is 17.7 Å². The van der Waals surface area contributed by atoms with E-state index in [2.05, 4.69) is 0 Å². The second kappa shape index (κ2) is 4.47. The van der Waals surface area contributed by atoms with E-state index in [4.69, 9.17) is 16.3 Å². The van der Waals surface area contributed by atoms with Crippen LogP contribution in [0, 0.1) is 6.92 Å². The highest BCUT2D eigenvalue weighted by molar-refractivity contribution is 6.31. The zero-order chi connectivity index (χ0) is 10.7. The lowest BCUT2D eigenvalue weighted by Gasteiger charge is -2.14. The highest BCUT2D eigenvalue weighted by Gasteiger charge is 2.11. The molecule has 0 spiro atoms. The van der Waals surface area contributed by atoms with Gasteiger partial charge in [0.1, 0.15) is 5.75 Å².